The normalized spacial score (nSPS) is 11.4. The number of aromatic nitrogens is 3. The Morgan fingerprint density at radius 3 is 2.86 bits per heavy atom. The Morgan fingerprint density at radius 1 is 1.36 bits per heavy atom. The fourth-order valence-electron chi connectivity index (χ4n) is 1.46. The molecule has 2 aromatic heterocycles. The number of hydrogen-bond donors (Lipinski definition) is 0. The molecule has 0 radical (unpaired) electrons. The van der Waals surface area contributed by atoms with Crippen molar-refractivity contribution in [3.05, 3.63) is 16.9 Å². The highest BCUT2D eigenvalue weighted by Gasteiger charge is 2.10. The lowest BCUT2D eigenvalue weighted by molar-refractivity contribution is 0.631. The quantitative estimate of drug-likeness (QED) is 0.759. The van der Waals surface area contributed by atoms with Crippen LogP contribution in [0, 0.1) is 12.8 Å². The summed E-state index contributed by atoms with van der Waals surface area (Å²) in [6.07, 6.45) is 0.952. The molecule has 0 aliphatic carbocycles. The Bertz CT molecular complexity index is 448. The van der Waals surface area contributed by atoms with E-state index in [1.54, 1.807) is 11.3 Å². The topological polar surface area (TPSA) is 38.7 Å². The zero-order valence-electron chi connectivity index (χ0n) is 8.61. The van der Waals surface area contributed by atoms with Crippen LogP contribution in [-0.2, 0) is 6.42 Å². The summed E-state index contributed by atoms with van der Waals surface area (Å²) in [6, 6.07) is 0. The molecule has 2 rings (SSSR count). The smallest absolute Gasteiger partial charge is 0.106 e. The predicted molar refractivity (Wildman–Crippen MR) is 58.5 cm³/mol. The number of thiazole rings is 1. The summed E-state index contributed by atoms with van der Waals surface area (Å²) < 4.78 is 1.18. The summed E-state index contributed by atoms with van der Waals surface area (Å²) in [5.41, 5.74) is 4.92. The van der Waals surface area contributed by atoms with Crippen molar-refractivity contribution in [2.75, 3.05) is 0 Å². The molecule has 0 atom stereocenters. The standard InChI is InChI=1S/C10H13N3S/c1-6(2)4-8-9-10(14-5-11-9)7(3)12-13-8/h5-6H,4H2,1-3H3. The summed E-state index contributed by atoms with van der Waals surface area (Å²) in [7, 11) is 0. The minimum Gasteiger partial charge on any atom is -0.243 e. The van der Waals surface area contributed by atoms with Crippen LogP contribution in [0.25, 0.3) is 10.2 Å². The van der Waals surface area contributed by atoms with Gasteiger partial charge in [-0.1, -0.05) is 13.8 Å². The van der Waals surface area contributed by atoms with Gasteiger partial charge in [0.15, 0.2) is 0 Å². The van der Waals surface area contributed by atoms with E-state index in [-0.39, 0.29) is 0 Å². The maximum absolute atomic E-state index is 4.35. The Labute approximate surface area is 87.2 Å². The van der Waals surface area contributed by atoms with Crippen LogP contribution < -0.4 is 0 Å². The molecule has 3 nitrogen and oxygen atoms in total. The summed E-state index contributed by atoms with van der Waals surface area (Å²) in [5, 5.41) is 8.37. The molecule has 0 saturated heterocycles. The van der Waals surface area contributed by atoms with E-state index in [1.165, 1.54) is 4.70 Å². The van der Waals surface area contributed by atoms with Gasteiger partial charge in [0.25, 0.3) is 0 Å². The summed E-state index contributed by atoms with van der Waals surface area (Å²) in [4.78, 5) is 4.35. The Balaban J connectivity index is 2.55. The first-order chi connectivity index (χ1) is 6.68. The second-order valence-electron chi connectivity index (χ2n) is 3.86. The van der Waals surface area contributed by atoms with Gasteiger partial charge < -0.3 is 0 Å². The first kappa shape index (κ1) is 9.52. The maximum Gasteiger partial charge on any atom is 0.106 e. The van der Waals surface area contributed by atoms with Crippen molar-refractivity contribution < 1.29 is 0 Å². The lowest BCUT2D eigenvalue weighted by Gasteiger charge is -2.04. The first-order valence-electron chi connectivity index (χ1n) is 4.74. The van der Waals surface area contributed by atoms with Gasteiger partial charge in [0.05, 0.1) is 21.6 Å². The van der Waals surface area contributed by atoms with Crippen molar-refractivity contribution >= 4 is 21.6 Å². The van der Waals surface area contributed by atoms with Crippen molar-refractivity contribution in [1.82, 2.24) is 15.2 Å². The van der Waals surface area contributed by atoms with Gasteiger partial charge in [-0.25, -0.2) is 4.98 Å². The Kier molecular flexibility index (Phi) is 2.46. The molecule has 0 aliphatic rings. The highest BCUT2D eigenvalue weighted by atomic mass is 32.1. The van der Waals surface area contributed by atoms with Crippen LogP contribution in [0.1, 0.15) is 25.2 Å². The van der Waals surface area contributed by atoms with Gasteiger partial charge in [-0.05, 0) is 19.3 Å². The van der Waals surface area contributed by atoms with Crippen LogP contribution in [0.3, 0.4) is 0 Å². The molecule has 2 heterocycles. The van der Waals surface area contributed by atoms with Crippen molar-refractivity contribution in [2.24, 2.45) is 5.92 Å². The minimum absolute atomic E-state index is 0.594. The SMILES string of the molecule is Cc1nnc(CC(C)C)c2ncsc12. The molecule has 0 fully saturated rings. The zero-order valence-corrected chi connectivity index (χ0v) is 9.43. The highest BCUT2D eigenvalue weighted by Crippen LogP contribution is 2.23. The number of hydrogen-bond acceptors (Lipinski definition) is 4. The van der Waals surface area contributed by atoms with Gasteiger partial charge in [-0.15, -0.1) is 11.3 Å². The van der Waals surface area contributed by atoms with E-state index in [4.69, 9.17) is 0 Å². The van der Waals surface area contributed by atoms with Gasteiger partial charge in [-0.3, -0.25) is 0 Å². The van der Waals surface area contributed by atoms with Gasteiger partial charge in [0.2, 0.25) is 0 Å². The summed E-state index contributed by atoms with van der Waals surface area (Å²) in [5.74, 6) is 0.594. The second kappa shape index (κ2) is 3.61. The molecule has 2 aromatic rings. The van der Waals surface area contributed by atoms with Crippen LogP contribution in [0.15, 0.2) is 5.51 Å². The van der Waals surface area contributed by atoms with E-state index in [0.29, 0.717) is 5.92 Å². The van der Waals surface area contributed by atoms with Crippen molar-refractivity contribution in [1.29, 1.82) is 0 Å². The average Bonchev–Trinajstić information content (AvgIpc) is 2.58. The van der Waals surface area contributed by atoms with E-state index < -0.39 is 0 Å². The minimum atomic E-state index is 0.594. The second-order valence-corrected chi connectivity index (χ2v) is 4.71. The predicted octanol–water partition coefficient (Wildman–Crippen LogP) is 2.59. The number of fused-ring (bicyclic) bond motifs is 1. The number of rotatable bonds is 2. The molecule has 4 heteroatoms. The molecule has 0 bridgehead atoms. The fraction of sp³-hybridized carbons (Fsp3) is 0.500. The zero-order chi connectivity index (χ0) is 10.1. The van der Waals surface area contributed by atoms with Crippen LogP contribution in [0.2, 0.25) is 0 Å². The Hall–Kier alpha value is -1.03. The molecule has 0 N–H and O–H groups in total. The average molecular weight is 207 g/mol. The maximum atomic E-state index is 4.35. The molecule has 0 aromatic carbocycles. The monoisotopic (exact) mass is 207 g/mol. The molecule has 0 saturated carbocycles. The third kappa shape index (κ3) is 1.62. The first-order valence-corrected chi connectivity index (χ1v) is 5.62. The molecular weight excluding hydrogens is 194 g/mol. The summed E-state index contributed by atoms with van der Waals surface area (Å²) >= 11 is 1.64. The molecule has 0 unspecified atom stereocenters. The van der Waals surface area contributed by atoms with Crippen LogP contribution in [0.4, 0.5) is 0 Å². The van der Waals surface area contributed by atoms with Crippen LogP contribution in [-0.4, -0.2) is 15.2 Å². The van der Waals surface area contributed by atoms with E-state index in [0.717, 1.165) is 23.3 Å². The van der Waals surface area contributed by atoms with E-state index in [9.17, 15) is 0 Å². The van der Waals surface area contributed by atoms with E-state index in [1.807, 2.05) is 12.4 Å². The van der Waals surface area contributed by atoms with Gasteiger partial charge in [0, 0.05) is 0 Å². The molecule has 14 heavy (non-hydrogen) atoms. The lowest BCUT2D eigenvalue weighted by Crippen LogP contribution is -2.01. The fourth-order valence-corrected chi connectivity index (χ4v) is 2.22. The third-order valence-corrected chi connectivity index (χ3v) is 3.03. The molecule has 0 aliphatic heterocycles. The van der Waals surface area contributed by atoms with Crippen LogP contribution in [0.5, 0.6) is 0 Å². The summed E-state index contributed by atoms with van der Waals surface area (Å²) in [6.45, 7) is 6.34. The Morgan fingerprint density at radius 2 is 2.14 bits per heavy atom. The van der Waals surface area contributed by atoms with Crippen molar-refractivity contribution in [3.8, 4) is 0 Å². The van der Waals surface area contributed by atoms with Gasteiger partial charge >= 0.3 is 0 Å². The van der Waals surface area contributed by atoms with Crippen molar-refractivity contribution in [3.63, 3.8) is 0 Å². The molecule has 74 valence electrons. The van der Waals surface area contributed by atoms with Crippen LogP contribution >= 0.6 is 11.3 Å². The van der Waals surface area contributed by atoms with E-state index >= 15 is 0 Å². The van der Waals surface area contributed by atoms with E-state index in [2.05, 4.69) is 29.0 Å². The number of nitrogens with zero attached hydrogens (tertiary/aromatic N) is 3. The lowest BCUT2D eigenvalue weighted by atomic mass is 10.1. The largest absolute Gasteiger partial charge is 0.243 e. The molecule has 0 spiro atoms. The molecular formula is C10H13N3S. The van der Waals surface area contributed by atoms with Crippen molar-refractivity contribution in [2.45, 2.75) is 27.2 Å². The number of aryl methyl sites for hydroxylation is 1. The molecule has 0 amide bonds. The highest BCUT2D eigenvalue weighted by molar-refractivity contribution is 7.16. The van der Waals surface area contributed by atoms with Gasteiger partial charge in [0.1, 0.15) is 5.52 Å². The van der Waals surface area contributed by atoms with Gasteiger partial charge in [-0.2, -0.15) is 10.2 Å². The third-order valence-electron chi connectivity index (χ3n) is 2.09.